The highest BCUT2D eigenvalue weighted by Crippen LogP contribution is 2.37. The Morgan fingerprint density at radius 2 is 1.56 bits per heavy atom. The number of nitrogens with zero attached hydrogens (tertiary/aromatic N) is 2. The lowest BCUT2D eigenvalue weighted by Gasteiger charge is -2.39. The van der Waals surface area contributed by atoms with Gasteiger partial charge in [-0.2, -0.15) is 0 Å². The molecule has 1 aromatic carbocycles. The van der Waals surface area contributed by atoms with Crippen LogP contribution in [-0.2, 0) is 25.2 Å². The van der Waals surface area contributed by atoms with Crippen LogP contribution in [0.2, 0.25) is 18.1 Å². The number of benzene rings is 1. The lowest BCUT2D eigenvalue weighted by Crippen LogP contribution is -2.49. The molecule has 2 rings (SSSR count). The van der Waals surface area contributed by atoms with Crippen molar-refractivity contribution in [3.63, 3.8) is 0 Å². The Bertz CT molecular complexity index is 1160. The molecule has 0 spiro atoms. The summed E-state index contributed by atoms with van der Waals surface area (Å²) < 4.78 is 25.1. The van der Waals surface area contributed by atoms with E-state index >= 15 is 0 Å². The maximum absolute atomic E-state index is 13.0. The second-order valence-electron chi connectivity index (χ2n) is 13.7. The summed E-state index contributed by atoms with van der Waals surface area (Å²) in [6, 6.07) is 7.44. The van der Waals surface area contributed by atoms with Crippen LogP contribution in [0.4, 0.5) is 10.7 Å². The third kappa shape index (κ3) is 11.4. The molecule has 230 valence electrons. The average molecular weight is 591 g/mol. The van der Waals surface area contributed by atoms with Crippen LogP contribution in [0, 0.1) is 0 Å². The van der Waals surface area contributed by atoms with Gasteiger partial charge in [0.05, 0.1) is 5.69 Å². The fraction of sp³-hybridized carbons (Fsp3) is 0.633. The van der Waals surface area contributed by atoms with Crippen molar-refractivity contribution in [2.24, 2.45) is 0 Å². The normalized spacial score (nSPS) is 13.4. The third-order valence-electron chi connectivity index (χ3n) is 6.52. The number of anilines is 1. The number of nitrogens with two attached hydrogens (primary N) is 1. The van der Waals surface area contributed by atoms with E-state index in [9.17, 15) is 9.59 Å². The molecule has 1 heterocycles. The number of esters is 1. The molecule has 1 aromatic heterocycles. The Morgan fingerprint density at radius 1 is 0.976 bits per heavy atom. The number of imidazole rings is 1. The number of nitrogen functional groups attached to an aromatic ring is 1. The van der Waals surface area contributed by atoms with Gasteiger partial charge in [0.2, 0.25) is 5.95 Å². The van der Waals surface area contributed by atoms with Crippen LogP contribution < -0.4 is 15.8 Å². The van der Waals surface area contributed by atoms with Crippen molar-refractivity contribution in [1.82, 2.24) is 14.9 Å². The zero-order valence-electron chi connectivity index (χ0n) is 26.7. The van der Waals surface area contributed by atoms with E-state index in [2.05, 4.69) is 44.2 Å². The standard InChI is InChI=1S/C30H50N4O6Si/c1-28(2,3)38-25(35)24(40-41(10,11)30(7,8)9)20-37-22-15-13-21(14-16-22)23-19-34(26(31)33-23)18-12-17-32-27(36)39-29(4,5)6/h13-16,19,24H,12,17-18,20H2,1-11H3,(H2,31,33)(H,32,36)/t24-/m1/s1. The van der Waals surface area contributed by atoms with Crippen LogP contribution in [-0.4, -0.2) is 60.4 Å². The van der Waals surface area contributed by atoms with Gasteiger partial charge in [-0.15, -0.1) is 0 Å². The summed E-state index contributed by atoms with van der Waals surface area (Å²) in [5, 5.41) is 2.67. The summed E-state index contributed by atoms with van der Waals surface area (Å²) in [7, 11) is -2.26. The van der Waals surface area contributed by atoms with Gasteiger partial charge in [0.1, 0.15) is 23.6 Å². The number of aromatic nitrogens is 2. The molecular weight excluding hydrogens is 540 g/mol. The molecule has 0 aliphatic carbocycles. The summed E-state index contributed by atoms with van der Waals surface area (Å²) in [5.41, 5.74) is 6.56. The molecule has 1 amide bonds. The van der Waals surface area contributed by atoms with Gasteiger partial charge in [-0.25, -0.2) is 14.6 Å². The van der Waals surface area contributed by atoms with Crippen LogP contribution in [0.3, 0.4) is 0 Å². The number of carbonyl (C=O) groups is 2. The van der Waals surface area contributed by atoms with Crippen LogP contribution in [0.1, 0.15) is 68.7 Å². The number of alkyl carbamates (subject to hydrolysis) is 1. The van der Waals surface area contributed by atoms with Gasteiger partial charge >= 0.3 is 12.1 Å². The highest BCUT2D eigenvalue weighted by molar-refractivity contribution is 6.74. The van der Waals surface area contributed by atoms with E-state index in [1.807, 2.05) is 76.6 Å². The van der Waals surface area contributed by atoms with Crippen LogP contribution in [0.15, 0.2) is 30.5 Å². The molecule has 2 aromatic rings. The molecule has 0 unspecified atom stereocenters. The first-order valence-corrected chi connectivity index (χ1v) is 17.0. The van der Waals surface area contributed by atoms with Crippen molar-refractivity contribution in [2.45, 2.75) is 111 Å². The fourth-order valence-electron chi connectivity index (χ4n) is 3.45. The van der Waals surface area contributed by atoms with E-state index in [-0.39, 0.29) is 11.6 Å². The summed E-state index contributed by atoms with van der Waals surface area (Å²) in [6.07, 6.45) is 1.27. The first-order chi connectivity index (χ1) is 18.7. The topological polar surface area (TPSA) is 127 Å². The first kappa shape index (κ1) is 34.1. The zero-order chi connectivity index (χ0) is 31.2. The fourth-order valence-corrected chi connectivity index (χ4v) is 4.68. The zero-order valence-corrected chi connectivity index (χ0v) is 27.7. The molecule has 0 saturated heterocycles. The largest absolute Gasteiger partial charge is 0.490 e. The monoisotopic (exact) mass is 590 g/mol. The minimum absolute atomic E-state index is 0.0413. The van der Waals surface area contributed by atoms with Crippen LogP contribution in [0.5, 0.6) is 5.75 Å². The summed E-state index contributed by atoms with van der Waals surface area (Å²) in [5.74, 6) is 0.559. The van der Waals surface area contributed by atoms with E-state index in [0.717, 1.165) is 11.3 Å². The van der Waals surface area contributed by atoms with Crippen LogP contribution >= 0.6 is 0 Å². The number of hydrogen-bond acceptors (Lipinski definition) is 8. The maximum Gasteiger partial charge on any atom is 0.407 e. The van der Waals surface area contributed by atoms with E-state index < -0.39 is 37.7 Å². The van der Waals surface area contributed by atoms with Gasteiger partial charge in [0.15, 0.2) is 14.4 Å². The molecule has 1 atom stereocenters. The predicted molar refractivity (Wildman–Crippen MR) is 164 cm³/mol. The Labute approximate surface area is 246 Å². The number of carbonyl (C=O) groups excluding carboxylic acids is 2. The number of aryl methyl sites for hydroxylation is 1. The van der Waals surface area contributed by atoms with Crippen molar-refractivity contribution in [2.75, 3.05) is 18.9 Å². The molecule has 41 heavy (non-hydrogen) atoms. The average Bonchev–Trinajstić information content (AvgIpc) is 3.17. The van der Waals surface area contributed by atoms with E-state index in [1.54, 1.807) is 0 Å². The predicted octanol–water partition coefficient (Wildman–Crippen LogP) is 6.16. The molecule has 10 nitrogen and oxygen atoms in total. The van der Waals surface area contributed by atoms with Crippen molar-refractivity contribution in [3.8, 4) is 17.0 Å². The molecule has 0 aliphatic rings. The molecule has 3 N–H and O–H groups in total. The second-order valence-corrected chi connectivity index (χ2v) is 18.5. The molecule has 0 aliphatic heterocycles. The molecule has 0 bridgehead atoms. The first-order valence-electron chi connectivity index (χ1n) is 14.1. The number of rotatable bonds is 11. The molecule has 0 radical (unpaired) electrons. The Morgan fingerprint density at radius 3 is 2.10 bits per heavy atom. The van der Waals surface area contributed by atoms with E-state index in [1.165, 1.54) is 0 Å². The van der Waals surface area contributed by atoms with Gasteiger partial charge in [0.25, 0.3) is 0 Å². The Kier molecular flexibility index (Phi) is 11.1. The third-order valence-corrected chi connectivity index (χ3v) is 11.0. The van der Waals surface area contributed by atoms with Gasteiger partial charge in [-0.1, -0.05) is 20.8 Å². The molecule has 0 fully saturated rings. The number of amides is 1. The minimum Gasteiger partial charge on any atom is -0.490 e. The lowest BCUT2D eigenvalue weighted by atomic mass is 10.1. The Hall–Kier alpha value is -3.05. The number of nitrogens with one attached hydrogen (secondary N) is 1. The van der Waals surface area contributed by atoms with Crippen molar-refractivity contribution >= 4 is 26.3 Å². The Balaban J connectivity index is 2.01. The van der Waals surface area contributed by atoms with Gasteiger partial charge < -0.3 is 34.3 Å². The summed E-state index contributed by atoms with van der Waals surface area (Å²) >= 11 is 0. The smallest absolute Gasteiger partial charge is 0.407 e. The van der Waals surface area contributed by atoms with E-state index in [0.29, 0.717) is 31.2 Å². The number of ether oxygens (including phenoxy) is 3. The van der Waals surface area contributed by atoms with E-state index in [4.69, 9.17) is 24.4 Å². The SMILES string of the molecule is CC(C)(C)OC(=O)NCCCn1cc(-c2ccc(OC[C@@H](O[Si](C)(C)C(C)(C)C)C(=O)OC(C)(C)C)cc2)nc1N. The quantitative estimate of drug-likeness (QED) is 0.181. The second kappa shape index (κ2) is 13.3. The van der Waals surface area contributed by atoms with Gasteiger partial charge in [0, 0.05) is 24.8 Å². The summed E-state index contributed by atoms with van der Waals surface area (Å²) in [6.45, 7) is 22.6. The summed E-state index contributed by atoms with van der Waals surface area (Å²) in [4.78, 5) is 29.3. The highest BCUT2D eigenvalue weighted by atomic mass is 28.4. The number of hydrogen-bond donors (Lipinski definition) is 2. The van der Waals surface area contributed by atoms with Crippen LogP contribution in [0.25, 0.3) is 11.3 Å². The van der Waals surface area contributed by atoms with Gasteiger partial charge in [-0.3, -0.25) is 0 Å². The maximum atomic E-state index is 13.0. The minimum atomic E-state index is -2.26. The van der Waals surface area contributed by atoms with Gasteiger partial charge in [-0.05, 0) is 90.4 Å². The van der Waals surface area contributed by atoms with Crippen molar-refractivity contribution < 1.29 is 28.2 Å². The highest BCUT2D eigenvalue weighted by Gasteiger charge is 2.42. The molecular formula is C30H50N4O6Si. The molecule has 11 heteroatoms. The van der Waals surface area contributed by atoms with Crippen molar-refractivity contribution in [1.29, 1.82) is 0 Å². The lowest BCUT2D eigenvalue weighted by molar-refractivity contribution is -0.165. The molecule has 0 saturated carbocycles. The van der Waals surface area contributed by atoms with Crippen molar-refractivity contribution in [3.05, 3.63) is 30.5 Å².